The fourth-order valence-corrected chi connectivity index (χ4v) is 1.99. The number of rotatable bonds is 6. The molecule has 0 aliphatic carbocycles. The molecule has 0 atom stereocenters. The van der Waals surface area contributed by atoms with Crippen LogP contribution in [0.5, 0.6) is 5.75 Å². The minimum Gasteiger partial charge on any atom is -0.492 e. The lowest BCUT2D eigenvalue weighted by Crippen LogP contribution is -2.25. The van der Waals surface area contributed by atoms with E-state index in [1.807, 2.05) is 0 Å². The molecule has 0 fully saturated rings. The highest BCUT2D eigenvalue weighted by Gasteiger charge is 2.05. The number of carbonyl (C=O) groups is 1. The molecule has 0 radical (unpaired) electrons. The zero-order chi connectivity index (χ0) is 14.4. The van der Waals surface area contributed by atoms with Crippen LogP contribution in [0.1, 0.15) is 16.9 Å². The van der Waals surface area contributed by atoms with E-state index in [1.165, 1.54) is 6.20 Å². The Kier molecular flexibility index (Phi) is 5.26. The molecule has 5 nitrogen and oxygen atoms in total. The lowest BCUT2D eigenvalue weighted by Gasteiger charge is -2.08. The summed E-state index contributed by atoms with van der Waals surface area (Å²) in [5.74, 6) is 0.392. The molecular weight excluding hydrogens is 301 g/mol. The van der Waals surface area contributed by atoms with E-state index in [2.05, 4.69) is 15.5 Å². The molecule has 20 heavy (non-hydrogen) atoms. The second-order valence-corrected chi connectivity index (χ2v) is 4.85. The van der Waals surface area contributed by atoms with Crippen molar-refractivity contribution in [3.63, 3.8) is 0 Å². The average molecular weight is 314 g/mol. The summed E-state index contributed by atoms with van der Waals surface area (Å²) in [5.41, 5.74) is 0.437. The average Bonchev–Trinajstić information content (AvgIpc) is 2.94. The monoisotopic (exact) mass is 313 g/mol. The van der Waals surface area contributed by atoms with Gasteiger partial charge in [0.2, 0.25) is 0 Å². The van der Waals surface area contributed by atoms with E-state index in [9.17, 15) is 4.79 Å². The highest BCUT2D eigenvalue weighted by atomic mass is 35.5. The number of halogens is 2. The van der Waals surface area contributed by atoms with Gasteiger partial charge in [-0.15, -0.1) is 0 Å². The van der Waals surface area contributed by atoms with Crippen LogP contribution < -0.4 is 10.1 Å². The topological polar surface area (TPSA) is 67.0 Å². The van der Waals surface area contributed by atoms with Crippen LogP contribution in [0.3, 0.4) is 0 Å². The Morgan fingerprint density at radius 2 is 2.20 bits per heavy atom. The molecule has 0 bridgehead atoms. The zero-order valence-electron chi connectivity index (χ0n) is 10.5. The fraction of sp³-hybridized carbons (Fsp3) is 0.231. The van der Waals surface area contributed by atoms with Crippen molar-refractivity contribution in [2.24, 2.45) is 0 Å². The van der Waals surface area contributed by atoms with E-state index in [-0.39, 0.29) is 5.91 Å². The summed E-state index contributed by atoms with van der Waals surface area (Å²) < 4.78 is 5.50. The lowest BCUT2D eigenvalue weighted by molar-refractivity contribution is 0.0946. The molecule has 1 amide bonds. The summed E-state index contributed by atoms with van der Waals surface area (Å²) in [6, 6.07) is 6.66. The molecule has 0 saturated heterocycles. The molecule has 1 aromatic heterocycles. The third kappa shape index (κ3) is 4.15. The van der Waals surface area contributed by atoms with Crippen molar-refractivity contribution in [2.45, 2.75) is 6.42 Å². The van der Waals surface area contributed by atoms with Crippen molar-refractivity contribution in [3.8, 4) is 5.75 Å². The smallest absolute Gasteiger partial charge is 0.269 e. The third-order valence-corrected chi connectivity index (χ3v) is 3.03. The Balaban J connectivity index is 1.68. The summed E-state index contributed by atoms with van der Waals surface area (Å²) >= 11 is 11.8. The maximum absolute atomic E-state index is 11.6. The van der Waals surface area contributed by atoms with Gasteiger partial charge in [0.25, 0.3) is 5.91 Å². The zero-order valence-corrected chi connectivity index (χ0v) is 12.0. The van der Waals surface area contributed by atoms with E-state index in [1.54, 1.807) is 24.3 Å². The van der Waals surface area contributed by atoms with Crippen molar-refractivity contribution >= 4 is 29.1 Å². The molecule has 0 saturated carbocycles. The van der Waals surface area contributed by atoms with Crippen molar-refractivity contribution in [1.29, 1.82) is 0 Å². The van der Waals surface area contributed by atoms with Gasteiger partial charge in [-0.2, -0.15) is 5.10 Å². The van der Waals surface area contributed by atoms with Crippen molar-refractivity contribution in [3.05, 3.63) is 46.2 Å². The SMILES string of the molecule is O=C(NCCCOc1ccc(Cl)cc1Cl)c1ccn[nH]1. The Bertz CT molecular complexity index is 573. The minimum atomic E-state index is -0.188. The number of ether oxygens (including phenoxy) is 1. The van der Waals surface area contributed by atoms with E-state index in [0.717, 1.165) is 0 Å². The molecule has 2 rings (SSSR count). The molecule has 1 heterocycles. The van der Waals surface area contributed by atoms with E-state index in [4.69, 9.17) is 27.9 Å². The van der Waals surface area contributed by atoms with Crippen molar-refractivity contribution in [1.82, 2.24) is 15.5 Å². The molecule has 7 heteroatoms. The number of nitrogens with zero attached hydrogens (tertiary/aromatic N) is 1. The summed E-state index contributed by atoms with van der Waals surface area (Å²) in [7, 11) is 0. The van der Waals surface area contributed by atoms with Crippen LogP contribution in [0.25, 0.3) is 0 Å². The first kappa shape index (κ1) is 14.7. The maximum Gasteiger partial charge on any atom is 0.269 e. The number of hydrogen-bond donors (Lipinski definition) is 2. The van der Waals surface area contributed by atoms with Crippen LogP contribution >= 0.6 is 23.2 Å². The first-order valence-corrected chi connectivity index (χ1v) is 6.78. The fourth-order valence-electron chi connectivity index (χ4n) is 1.53. The molecule has 0 spiro atoms. The van der Waals surface area contributed by atoms with Gasteiger partial charge in [-0.1, -0.05) is 23.2 Å². The Labute approximate surface area is 126 Å². The summed E-state index contributed by atoms with van der Waals surface area (Å²) in [6.45, 7) is 0.952. The predicted molar refractivity (Wildman–Crippen MR) is 77.5 cm³/mol. The number of hydrogen-bond acceptors (Lipinski definition) is 3. The molecule has 0 aliphatic rings. The van der Waals surface area contributed by atoms with Crippen LogP contribution in [-0.4, -0.2) is 29.3 Å². The maximum atomic E-state index is 11.6. The van der Waals surface area contributed by atoms with Gasteiger partial charge in [0, 0.05) is 17.8 Å². The molecule has 0 aliphatic heterocycles. The second kappa shape index (κ2) is 7.17. The summed E-state index contributed by atoms with van der Waals surface area (Å²) in [4.78, 5) is 11.6. The van der Waals surface area contributed by atoms with Gasteiger partial charge in [0.15, 0.2) is 0 Å². The Hall–Kier alpha value is -1.72. The quantitative estimate of drug-likeness (QED) is 0.806. The summed E-state index contributed by atoms with van der Waals surface area (Å²) in [6.07, 6.45) is 2.19. The number of aromatic amines is 1. The molecule has 2 aromatic rings. The largest absolute Gasteiger partial charge is 0.492 e. The highest BCUT2D eigenvalue weighted by Crippen LogP contribution is 2.27. The second-order valence-electron chi connectivity index (χ2n) is 4.00. The lowest BCUT2D eigenvalue weighted by atomic mass is 10.3. The molecule has 106 valence electrons. The predicted octanol–water partition coefficient (Wildman–Crippen LogP) is 2.92. The first-order valence-electron chi connectivity index (χ1n) is 6.02. The Morgan fingerprint density at radius 3 is 2.90 bits per heavy atom. The molecule has 1 aromatic carbocycles. The summed E-state index contributed by atoms with van der Waals surface area (Å²) in [5, 5.41) is 10.1. The van der Waals surface area contributed by atoms with Gasteiger partial charge >= 0.3 is 0 Å². The van der Waals surface area contributed by atoms with Crippen LogP contribution in [0.4, 0.5) is 0 Å². The first-order chi connectivity index (χ1) is 9.66. The standard InChI is InChI=1S/C13H13Cl2N3O2/c14-9-2-3-12(10(15)8-9)20-7-1-5-16-13(19)11-4-6-17-18-11/h2-4,6,8H,1,5,7H2,(H,16,19)(H,17,18). The van der Waals surface area contributed by atoms with Gasteiger partial charge in [0.1, 0.15) is 11.4 Å². The number of amides is 1. The van der Waals surface area contributed by atoms with Gasteiger partial charge in [-0.05, 0) is 30.7 Å². The number of benzene rings is 1. The number of H-pyrrole nitrogens is 1. The van der Waals surface area contributed by atoms with E-state index in [0.29, 0.717) is 41.1 Å². The van der Waals surface area contributed by atoms with Gasteiger partial charge in [-0.25, -0.2) is 0 Å². The van der Waals surface area contributed by atoms with Crippen LogP contribution in [0.15, 0.2) is 30.5 Å². The normalized spacial score (nSPS) is 10.3. The van der Waals surface area contributed by atoms with E-state index < -0.39 is 0 Å². The van der Waals surface area contributed by atoms with Crippen molar-refractivity contribution < 1.29 is 9.53 Å². The number of aromatic nitrogens is 2. The Morgan fingerprint density at radius 1 is 1.35 bits per heavy atom. The van der Waals surface area contributed by atoms with Crippen LogP contribution in [-0.2, 0) is 0 Å². The van der Waals surface area contributed by atoms with Crippen molar-refractivity contribution in [2.75, 3.05) is 13.2 Å². The van der Waals surface area contributed by atoms with Gasteiger partial charge in [-0.3, -0.25) is 9.89 Å². The number of carbonyl (C=O) groups excluding carboxylic acids is 1. The highest BCUT2D eigenvalue weighted by molar-refractivity contribution is 6.35. The van der Waals surface area contributed by atoms with Crippen LogP contribution in [0, 0.1) is 0 Å². The third-order valence-electron chi connectivity index (χ3n) is 2.50. The van der Waals surface area contributed by atoms with Gasteiger partial charge < -0.3 is 10.1 Å². The molecule has 2 N–H and O–H groups in total. The molecular formula is C13H13Cl2N3O2. The van der Waals surface area contributed by atoms with Crippen LogP contribution in [0.2, 0.25) is 10.0 Å². The number of nitrogens with one attached hydrogen (secondary N) is 2. The minimum absolute atomic E-state index is 0.188. The molecule has 0 unspecified atom stereocenters. The van der Waals surface area contributed by atoms with E-state index >= 15 is 0 Å². The van der Waals surface area contributed by atoms with Gasteiger partial charge in [0.05, 0.1) is 11.6 Å².